The van der Waals surface area contributed by atoms with Crippen molar-refractivity contribution in [3.63, 3.8) is 0 Å². The lowest BCUT2D eigenvalue weighted by molar-refractivity contribution is -0.274. The highest BCUT2D eigenvalue weighted by atomic mass is 19.4. The maximum Gasteiger partial charge on any atom is 0.573 e. The van der Waals surface area contributed by atoms with Gasteiger partial charge >= 0.3 is 6.36 Å². The van der Waals surface area contributed by atoms with E-state index in [0.29, 0.717) is 18.4 Å². The van der Waals surface area contributed by atoms with E-state index in [1.165, 1.54) is 12.1 Å². The maximum atomic E-state index is 12.0. The van der Waals surface area contributed by atoms with Gasteiger partial charge in [-0.15, -0.1) is 13.2 Å². The zero-order valence-corrected chi connectivity index (χ0v) is 10.7. The van der Waals surface area contributed by atoms with Crippen molar-refractivity contribution in [2.75, 3.05) is 0 Å². The highest BCUT2D eigenvalue weighted by molar-refractivity contribution is 5.89. The molecule has 0 unspecified atom stereocenters. The first kappa shape index (κ1) is 14.8. The molecule has 1 saturated carbocycles. The topological polar surface area (TPSA) is 46.5 Å². The average Bonchev–Trinajstić information content (AvgIpc) is 2.78. The van der Waals surface area contributed by atoms with Gasteiger partial charge in [0.1, 0.15) is 11.4 Å². The summed E-state index contributed by atoms with van der Waals surface area (Å²) in [5.74, 6) is -0.604. The van der Waals surface area contributed by atoms with Crippen LogP contribution in [0.2, 0.25) is 0 Å². The number of rotatable bonds is 4. The molecule has 0 amide bonds. The largest absolute Gasteiger partial charge is 0.573 e. The van der Waals surface area contributed by atoms with Crippen molar-refractivity contribution in [1.29, 1.82) is 0 Å². The second-order valence-electron chi connectivity index (χ2n) is 5.03. The van der Waals surface area contributed by atoms with Gasteiger partial charge in [-0.1, -0.05) is 12.1 Å². The molecule has 1 aliphatic rings. The predicted octanol–water partition coefficient (Wildman–Crippen LogP) is 3.00. The molecule has 2 rings (SSSR count). The molecule has 1 aromatic carbocycles. The smallest absolute Gasteiger partial charge is 0.406 e. The summed E-state index contributed by atoms with van der Waals surface area (Å²) in [6.07, 6.45) is -2.15. The molecule has 20 heavy (non-hydrogen) atoms. The van der Waals surface area contributed by atoms with Gasteiger partial charge in [-0.05, 0) is 43.4 Å². The molecular formula is C14H15F3O3. The first-order valence-corrected chi connectivity index (χ1v) is 6.39. The molecule has 0 heterocycles. The number of carbonyl (C=O) groups is 1. The Balaban J connectivity index is 1.98. The molecule has 3 nitrogen and oxygen atoms in total. The Morgan fingerprint density at radius 1 is 1.20 bits per heavy atom. The van der Waals surface area contributed by atoms with Crippen LogP contribution in [0.4, 0.5) is 13.2 Å². The highest BCUT2D eigenvalue weighted by Crippen LogP contribution is 2.31. The standard InChI is InChI=1S/C14H15F3O3/c15-14(16,17)20-11-5-3-10(4-6-11)9-12(18)13(19)7-1-2-8-13/h3-6,19H,1-2,7-9H2. The van der Waals surface area contributed by atoms with E-state index in [1.807, 2.05) is 0 Å². The fourth-order valence-electron chi connectivity index (χ4n) is 2.40. The van der Waals surface area contributed by atoms with E-state index in [1.54, 1.807) is 0 Å². The number of halogens is 3. The summed E-state index contributed by atoms with van der Waals surface area (Å²) < 4.78 is 39.7. The minimum Gasteiger partial charge on any atom is -0.406 e. The van der Waals surface area contributed by atoms with Crippen molar-refractivity contribution in [3.8, 4) is 5.75 Å². The van der Waals surface area contributed by atoms with E-state index < -0.39 is 12.0 Å². The molecular weight excluding hydrogens is 273 g/mol. The summed E-state index contributed by atoms with van der Waals surface area (Å²) in [6.45, 7) is 0. The van der Waals surface area contributed by atoms with E-state index in [9.17, 15) is 23.1 Å². The zero-order valence-electron chi connectivity index (χ0n) is 10.7. The van der Waals surface area contributed by atoms with Crippen LogP contribution in [0, 0.1) is 0 Å². The second-order valence-corrected chi connectivity index (χ2v) is 5.03. The highest BCUT2D eigenvalue weighted by Gasteiger charge is 2.38. The molecule has 110 valence electrons. The molecule has 0 radical (unpaired) electrons. The van der Waals surface area contributed by atoms with Crippen LogP contribution in [0.25, 0.3) is 0 Å². The van der Waals surface area contributed by atoms with Gasteiger partial charge < -0.3 is 9.84 Å². The molecule has 0 bridgehead atoms. The average molecular weight is 288 g/mol. The molecule has 1 aliphatic carbocycles. The molecule has 6 heteroatoms. The van der Waals surface area contributed by atoms with Crippen molar-refractivity contribution >= 4 is 5.78 Å². The van der Waals surface area contributed by atoms with E-state index in [4.69, 9.17) is 0 Å². The van der Waals surface area contributed by atoms with Gasteiger partial charge in [0.15, 0.2) is 5.78 Å². The van der Waals surface area contributed by atoms with Gasteiger partial charge in [-0.3, -0.25) is 4.79 Å². The number of aliphatic hydroxyl groups is 1. The fourth-order valence-corrected chi connectivity index (χ4v) is 2.40. The van der Waals surface area contributed by atoms with Crippen LogP contribution in [0.5, 0.6) is 5.75 Å². The van der Waals surface area contributed by atoms with E-state index in [2.05, 4.69) is 4.74 Å². The molecule has 1 N–H and O–H groups in total. The first-order chi connectivity index (χ1) is 9.28. The van der Waals surface area contributed by atoms with Crippen LogP contribution in [0.1, 0.15) is 31.2 Å². The second kappa shape index (κ2) is 5.44. The van der Waals surface area contributed by atoms with Crippen LogP contribution >= 0.6 is 0 Å². The van der Waals surface area contributed by atoms with Crippen LogP contribution in [0.3, 0.4) is 0 Å². The molecule has 0 saturated heterocycles. The van der Waals surface area contributed by atoms with Crippen molar-refractivity contribution in [2.45, 2.75) is 44.1 Å². The lowest BCUT2D eigenvalue weighted by atomic mass is 9.92. The van der Waals surface area contributed by atoms with E-state index in [0.717, 1.165) is 25.0 Å². The number of ether oxygens (including phenoxy) is 1. The van der Waals surface area contributed by atoms with Crippen molar-refractivity contribution < 1.29 is 27.8 Å². The van der Waals surface area contributed by atoms with Crippen LogP contribution < -0.4 is 4.74 Å². The molecule has 0 aromatic heterocycles. The van der Waals surface area contributed by atoms with Gasteiger partial charge in [0.25, 0.3) is 0 Å². The van der Waals surface area contributed by atoms with Crippen LogP contribution in [-0.2, 0) is 11.2 Å². The first-order valence-electron chi connectivity index (χ1n) is 6.39. The quantitative estimate of drug-likeness (QED) is 0.926. The summed E-state index contributed by atoms with van der Waals surface area (Å²) in [5, 5.41) is 10.1. The number of hydrogen-bond donors (Lipinski definition) is 1. The lowest BCUT2D eigenvalue weighted by Gasteiger charge is -2.20. The third kappa shape index (κ3) is 3.72. The van der Waals surface area contributed by atoms with E-state index in [-0.39, 0.29) is 18.0 Å². The Morgan fingerprint density at radius 3 is 2.25 bits per heavy atom. The summed E-state index contributed by atoms with van der Waals surface area (Å²) in [4.78, 5) is 12.0. The number of ketones is 1. The third-order valence-corrected chi connectivity index (χ3v) is 3.47. The number of benzene rings is 1. The van der Waals surface area contributed by atoms with Crippen molar-refractivity contribution in [3.05, 3.63) is 29.8 Å². The van der Waals surface area contributed by atoms with Gasteiger partial charge in [0.2, 0.25) is 0 Å². The molecule has 1 fully saturated rings. The van der Waals surface area contributed by atoms with Crippen molar-refractivity contribution in [1.82, 2.24) is 0 Å². The Morgan fingerprint density at radius 2 is 1.75 bits per heavy atom. The Labute approximate surface area is 114 Å². The molecule has 0 spiro atoms. The predicted molar refractivity (Wildman–Crippen MR) is 65.3 cm³/mol. The van der Waals surface area contributed by atoms with Gasteiger partial charge in [0, 0.05) is 6.42 Å². The van der Waals surface area contributed by atoms with Crippen LogP contribution in [0.15, 0.2) is 24.3 Å². The fraction of sp³-hybridized carbons (Fsp3) is 0.500. The SMILES string of the molecule is O=C(Cc1ccc(OC(F)(F)F)cc1)C1(O)CCCC1. The lowest BCUT2D eigenvalue weighted by Crippen LogP contribution is -2.36. The Hall–Kier alpha value is -1.56. The van der Waals surface area contributed by atoms with Crippen LogP contribution in [-0.4, -0.2) is 22.9 Å². The third-order valence-electron chi connectivity index (χ3n) is 3.47. The number of carbonyl (C=O) groups excluding carboxylic acids is 1. The van der Waals surface area contributed by atoms with E-state index >= 15 is 0 Å². The normalized spacial score (nSPS) is 18.0. The maximum absolute atomic E-state index is 12.0. The molecule has 0 aliphatic heterocycles. The molecule has 1 aromatic rings. The monoisotopic (exact) mass is 288 g/mol. The zero-order chi connectivity index (χ0) is 14.8. The number of alkyl halides is 3. The minimum absolute atomic E-state index is 0.0167. The number of Topliss-reactive ketones (excluding diaryl/α,β-unsaturated/α-hetero) is 1. The van der Waals surface area contributed by atoms with Crippen molar-refractivity contribution in [2.24, 2.45) is 0 Å². The van der Waals surface area contributed by atoms with Gasteiger partial charge in [-0.25, -0.2) is 0 Å². The van der Waals surface area contributed by atoms with Gasteiger partial charge in [0.05, 0.1) is 0 Å². The molecule has 0 atom stereocenters. The summed E-state index contributed by atoms with van der Waals surface area (Å²) in [5.41, 5.74) is -0.703. The van der Waals surface area contributed by atoms with Gasteiger partial charge in [-0.2, -0.15) is 0 Å². The summed E-state index contributed by atoms with van der Waals surface area (Å²) >= 11 is 0. The minimum atomic E-state index is -4.73. The summed E-state index contributed by atoms with van der Waals surface area (Å²) in [6, 6.07) is 5.12. The Kier molecular flexibility index (Phi) is 4.04. The summed E-state index contributed by atoms with van der Waals surface area (Å²) in [7, 11) is 0. The number of hydrogen-bond acceptors (Lipinski definition) is 3. The Bertz CT molecular complexity index is 473.